The van der Waals surface area contributed by atoms with E-state index in [1.165, 1.54) is 0 Å². The Labute approximate surface area is 192 Å². The van der Waals surface area contributed by atoms with E-state index in [0.29, 0.717) is 18.0 Å². The molecule has 5 nitrogen and oxygen atoms in total. The van der Waals surface area contributed by atoms with Gasteiger partial charge in [-0.2, -0.15) is 18.2 Å². The Morgan fingerprint density at radius 3 is 2.12 bits per heavy atom. The van der Waals surface area contributed by atoms with Gasteiger partial charge < -0.3 is 15.4 Å². The summed E-state index contributed by atoms with van der Waals surface area (Å²) in [6, 6.07) is 14.5. The first-order valence-corrected chi connectivity index (χ1v) is 11.2. The van der Waals surface area contributed by atoms with Crippen LogP contribution in [0.15, 0.2) is 54.7 Å². The molecule has 0 radical (unpaired) electrons. The molecule has 0 unspecified atom stereocenters. The van der Waals surface area contributed by atoms with Crippen LogP contribution >= 0.6 is 0 Å². The lowest BCUT2D eigenvalue weighted by molar-refractivity contribution is -0.137. The Balaban J connectivity index is 1.76. The first-order valence-electron chi connectivity index (χ1n) is 11.2. The number of alkyl halides is 3. The second-order valence-corrected chi connectivity index (χ2v) is 7.73. The van der Waals surface area contributed by atoms with Gasteiger partial charge in [-0.25, -0.2) is 4.98 Å². The number of nitrogens with zero attached hydrogens (tertiary/aromatic N) is 2. The van der Waals surface area contributed by atoms with Gasteiger partial charge in [-0.05, 0) is 61.2 Å². The summed E-state index contributed by atoms with van der Waals surface area (Å²) in [7, 11) is 0. The number of halogens is 3. The average Bonchev–Trinajstić information content (AvgIpc) is 2.79. The quantitative estimate of drug-likeness (QED) is 0.291. The van der Waals surface area contributed by atoms with Crippen molar-refractivity contribution in [1.29, 1.82) is 0 Å². The van der Waals surface area contributed by atoms with Crippen molar-refractivity contribution in [1.82, 2.24) is 9.97 Å². The summed E-state index contributed by atoms with van der Waals surface area (Å²) in [4.78, 5) is 7.96. The highest BCUT2D eigenvalue weighted by molar-refractivity contribution is 5.63. The number of hydrogen-bond donors (Lipinski definition) is 2. The zero-order valence-electron chi connectivity index (χ0n) is 18.9. The fraction of sp³-hybridized carbons (Fsp3) is 0.360. The largest absolute Gasteiger partial charge is 0.494 e. The summed E-state index contributed by atoms with van der Waals surface area (Å²) >= 11 is 0. The highest BCUT2D eigenvalue weighted by Crippen LogP contribution is 2.35. The lowest BCUT2D eigenvalue weighted by atomic mass is 10.1. The molecular weight excluding hydrogens is 429 g/mol. The van der Waals surface area contributed by atoms with Crippen LogP contribution in [-0.4, -0.2) is 16.6 Å². The molecule has 0 bridgehead atoms. The second-order valence-electron chi connectivity index (χ2n) is 7.73. The summed E-state index contributed by atoms with van der Waals surface area (Å²) < 4.78 is 46.2. The van der Waals surface area contributed by atoms with Gasteiger partial charge in [0.15, 0.2) is 0 Å². The van der Waals surface area contributed by atoms with Crippen LogP contribution in [0.2, 0.25) is 0 Å². The van der Waals surface area contributed by atoms with Crippen molar-refractivity contribution in [3.63, 3.8) is 0 Å². The maximum Gasteiger partial charge on any atom is 0.421 e. The molecular formula is C25H29F3N4O. The maximum absolute atomic E-state index is 13.5. The highest BCUT2D eigenvalue weighted by Gasteiger charge is 2.35. The number of nitrogens with one attached hydrogen (secondary N) is 2. The third kappa shape index (κ3) is 7.37. The predicted molar refractivity (Wildman–Crippen MR) is 125 cm³/mol. The van der Waals surface area contributed by atoms with Crippen LogP contribution in [0.1, 0.15) is 50.7 Å². The van der Waals surface area contributed by atoms with Crippen LogP contribution in [0.3, 0.4) is 0 Å². The van der Waals surface area contributed by atoms with Crippen LogP contribution in [-0.2, 0) is 12.6 Å². The molecule has 8 heteroatoms. The molecule has 0 atom stereocenters. The van der Waals surface area contributed by atoms with E-state index in [-0.39, 0.29) is 11.8 Å². The molecule has 2 N–H and O–H groups in total. The maximum atomic E-state index is 13.5. The lowest BCUT2D eigenvalue weighted by Crippen LogP contribution is -2.12. The van der Waals surface area contributed by atoms with E-state index in [0.717, 1.165) is 49.6 Å². The van der Waals surface area contributed by atoms with Crippen molar-refractivity contribution in [2.45, 2.75) is 52.1 Å². The summed E-state index contributed by atoms with van der Waals surface area (Å²) in [6.45, 7) is 4.84. The minimum Gasteiger partial charge on any atom is -0.494 e. The number of rotatable bonds is 11. The SMILES string of the molecule is CCCCOc1ccc(Nc2ncc(C(F)(F)F)c(Nc3ccc(CCCC)cc3)n2)cc1. The van der Waals surface area contributed by atoms with E-state index >= 15 is 0 Å². The molecule has 1 heterocycles. The highest BCUT2D eigenvalue weighted by atomic mass is 19.4. The Morgan fingerprint density at radius 1 is 0.848 bits per heavy atom. The van der Waals surface area contributed by atoms with Gasteiger partial charge in [0.2, 0.25) is 5.95 Å². The van der Waals surface area contributed by atoms with Crippen molar-refractivity contribution >= 4 is 23.1 Å². The van der Waals surface area contributed by atoms with Crippen molar-refractivity contribution in [2.75, 3.05) is 17.2 Å². The Bertz CT molecular complexity index is 1010. The first kappa shape index (κ1) is 24.4. The molecule has 1 aromatic heterocycles. The zero-order chi connectivity index (χ0) is 23.7. The normalized spacial score (nSPS) is 11.3. The summed E-state index contributed by atoms with van der Waals surface area (Å²) in [5.74, 6) is 0.484. The van der Waals surface area contributed by atoms with E-state index in [1.54, 1.807) is 36.4 Å². The standard InChI is InChI=1S/C25H29F3N4O/c1-3-5-7-18-8-10-19(11-9-18)30-23-22(25(26,27)28)17-29-24(32-23)31-20-12-14-21(15-13-20)33-16-6-4-2/h8-15,17H,3-7,16H2,1-2H3,(H2,29,30,31,32). The molecule has 0 aliphatic rings. The zero-order valence-corrected chi connectivity index (χ0v) is 18.9. The Morgan fingerprint density at radius 2 is 1.48 bits per heavy atom. The fourth-order valence-electron chi connectivity index (χ4n) is 3.12. The molecule has 0 aliphatic carbocycles. The topological polar surface area (TPSA) is 59.1 Å². The molecule has 33 heavy (non-hydrogen) atoms. The molecule has 0 saturated heterocycles. The number of unbranched alkanes of at least 4 members (excludes halogenated alkanes) is 2. The van der Waals surface area contributed by atoms with E-state index < -0.39 is 11.7 Å². The molecule has 2 aromatic carbocycles. The van der Waals surface area contributed by atoms with Crippen LogP contribution in [0, 0.1) is 0 Å². The summed E-state index contributed by atoms with van der Waals surface area (Å²) in [5, 5.41) is 5.75. The number of aromatic nitrogens is 2. The van der Waals surface area contributed by atoms with Gasteiger partial charge in [0.05, 0.1) is 6.61 Å². The number of anilines is 4. The van der Waals surface area contributed by atoms with Gasteiger partial charge in [-0.1, -0.05) is 38.8 Å². The number of ether oxygens (including phenoxy) is 1. The van der Waals surface area contributed by atoms with E-state index in [1.807, 2.05) is 12.1 Å². The Hall–Kier alpha value is -3.29. The van der Waals surface area contributed by atoms with Crippen LogP contribution in [0.5, 0.6) is 5.75 Å². The van der Waals surface area contributed by atoms with Gasteiger partial charge in [0.1, 0.15) is 17.1 Å². The molecule has 3 rings (SSSR count). The number of aryl methyl sites for hydroxylation is 1. The third-order valence-electron chi connectivity index (χ3n) is 5.01. The summed E-state index contributed by atoms with van der Waals surface area (Å²) in [5.41, 5.74) is 1.39. The van der Waals surface area contributed by atoms with Gasteiger partial charge in [0, 0.05) is 17.6 Å². The van der Waals surface area contributed by atoms with Crippen molar-refractivity contribution in [3.8, 4) is 5.75 Å². The second kappa shape index (κ2) is 11.5. The van der Waals surface area contributed by atoms with Gasteiger partial charge in [-0.3, -0.25) is 0 Å². The van der Waals surface area contributed by atoms with Crippen molar-refractivity contribution < 1.29 is 17.9 Å². The average molecular weight is 459 g/mol. The smallest absolute Gasteiger partial charge is 0.421 e. The third-order valence-corrected chi connectivity index (χ3v) is 5.01. The molecule has 3 aromatic rings. The minimum absolute atomic E-state index is 0.0599. The van der Waals surface area contributed by atoms with Gasteiger partial charge in [-0.15, -0.1) is 0 Å². The number of hydrogen-bond acceptors (Lipinski definition) is 5. The first-order chi connectivity index (χ1) is 15.9. The van der Waals surface area contributed by atoms with Gasteiger partial charge in [0.25, 0.3) is 0 Å². The van der Waals surface area contributed by atoms with Gasteiger partial charge >= 0.3 is 6.18 Å². The minimum atomic E-state index is -4.58. The van der Waals surface area contributed by atoms with E-state index in [4.69, 9.17) is 4.74 Å². The molecule has 0 aliphatic heterocycles. The lowest BCUT2D eigenvalue weighted by Gasteiger charge is -2.15. The summed E-state index contributed by atoms with van der Waals surface area (Å²) in [6.07, 6.45) is 1.31. The molecule has 0 fully saturated rings. The molecule has 0 amide bonds. The fourth-order valence-corrected chi connectivity index (χ4v) is 3.12. The number of benzene rings is 2. The van der Waals surface area contributed by atoms with Crippen molar-refractivity contribution in [2.24, 2.45) is 0 Å². The van der Waals surface area contributed by atoms with E-state index in [9.17, 15) is 13.2 Å². The molecule has 0 saturated carbocycles. The van der Waals surface area contributed by atoms with Crippen LogP contribution in [0.25, 0.3) is 0 Å². The van der Waals surface area contributed by atoms with Crippen molar-refractivity contribution in [3.05, 3.63) is 65.9 Å². The van der Waals surface area contributed by atoms with E-state index in [2.05, 4.69) is 34.4 Å². The Kier molecular flexibility index (Phi) is 8.52. The van der Waals surface area contributed by atoms with Crippen LogP contribution in [0.4, 0.5) is 36.3 Å². The monoisotopic (exact) mass is 458 g/mol. The predicted octanol–water partition coefficient (Wildman–Crippen LogP) is 7.50. The molecule has 176 valence electrons. The molecule has 0 spiro atoms. The van der Waals surface area contributed by atoms with Crippen LogP contribution < -0.4 is 15.4 Å².